The molecule has 52 heavy (non-hydrogen) atoms. The Bertz CT molecular complexity index is 1430. The molecule has 2 heteroatoms. The van der Waals surface area contributed by atoms with Crippen molar-refractivity contribution in [2.24, 2.45) is 0 Å². The molecule has 0 spiro atoms. The molecule has 0 amide bonds. The molecular weight excluding hydrogens is 629 g/mol. The van der Waals surface area contributed by atoms with Gasteiger partial charge >= 0.3 is 0 Å². The van der Waals surface area contributed by atoms with E-state index in [4.69, 9.17) is 11.5 Å². The van der Waals surface area contributed by atoms with E-state index in [1.807, 2.05) is 0 Å². The Morgan fingerprint density at radius 2 is 0.731 bits per heavy atom. The maximum Gasteiger partial charge on any atom is 0.0316 e. The summed E-state index contributed by atoms with van der Waals surface area (Å²) in [5.41, 5.74) is 25.2. The zero-order valence-corrected chi connectivity index (χ0v) is 33.5. The van der Waals surface area contributed by atoms with E-state index in [-0.39, 0.29) is 0 Å². The van der Waals surface area contributed by atoms with Crippen molar-refractivity contribution in [1.82, 2.24) is 0 Å². The van der Waals surface area contributed by atoms with Gasteiger partial charge in [0, 0.05) is 23.2 Å². The predicted molar refractivity (Wildman–Crippen MR) is 230 cm³/mol. The summed E-state index contributed by atoms with van der Waals surface area (Å²) < 4.78 is 0. The second-order valence-corrected chi connectivity index (χ2v) is 15.8. The van der Waals surface area contributed by atoms with Gasteiger partial charge in [-0.1, -0.05) is 177 Å². The molecular formula is C50H72N2. The third-order valence-electron chi connectivity index (χ3n) is 11.5. The Labute approximate surface area is 319 Å². The Morgan fingerprint density at radius 3 is 1.06 bits per heavy atom. The molecule has 0 aliphatic carbocycles. The Balaban J connectivity index is 1.36. The van der Waals surface area contributed by atoms with E-state index in [0.717, 1.165) is 24.2 Å². The summed E-state index contributed by atoms with van der Waals surface area (Å²) in [6.45, 7) is 9.04. The molecule has 4 N–H and O–H groups in total. The molecule has 2 atom stereocenters. The summed E-state index contributed by atoms with van der Waals surface area (Å²) in [7, 11) is 0. The number of nitrogens with two attached hydrogens (primary N) is 2. The maximum atomic E-state index is 6.16. The van der Waals surface area contributed by atoms with Gasteiger partial charge in [0.05, 0.1) is 0 Å². The molecule has 0 radical (unpaired) electrons. The second-order valence-electron chi connectivity index (χ2n) is 15.8. The molecule has 0 saturated carbocycles. The highest BCUT2D eigenvalue weighted by Gasteiger charge is 2.18. The second kappa shape index (κ2) is 23.2. The van der Waals surface area contributed by atoms with Crippen LogP contribution in [0.4, 0.5) is 11.4 Å². The van der Waals surface area contributed by atoms with Gasteiger partial charge in [-0.05, 0) is 108 Å². The van der Waals surface area contributed by atoms with E-state index >= 15 is 0 Å². The summed E-state index contributed by atoms with van der Waals surface area (Å²) in [4.78, 5) is 0. The van der Waals surface area contributed by atoms with Crippen LogP contribution in [0.2, 0.25) is 0 Å². The van der Waals surface area contributed by atoms with Crippen LogP contribution in [0.15, 0.2) is 84.9 Å². The first-order chi connectivity index (χ1) is 25.4. The highest BCUT2D eigenvalue weighted by Crippen LogP contribution is 2.35. The van der Waals surface area contributed by atoms with Gasteiger partial charge in [0.15, 0.2) is 0 Å². The molecule has 2 nitrogen and oxygen atoms in total. The van der Waals surface area contributed by atoms with Crippen LogP contribution in [-0.4, -0.2) is 0 Å². The standard InChI is InChI=1S/C50H72N2/c1-5-7-9-11-13-15-17-19-21-49(47-35-33-45(51)37-39(47)3)43-29-25-41(26-30-43)23-24-42-27-31-44(32-28-42)50(48-36-34-46(52)38-40(48)4)22-20-18-16-14-12-10-8-6-2/h25-38,49-50H,5-24,51-52H2,1-4H3. The maximum absolute atomic E-state index is 6.16. The zero-order chi connectivity index (χ0) is 37.0. The van der Waals surface area contributed by atoms with E-state index in [1.54, 1.807) is 0 Å². The molecule has 282 valence electrons. The van der Waals surface area contributed by atoms with Crippen LogP contribution in [0.5, 0.6) is 0 Å². The van der Waals surface area contributed by atoms with Gasteiger partial charge in [0.25, 0.3) is 0 Å². The van der Waals surface area contributed by atoms with Gasteiger partial charge in [-0.15, -0.1) is 0 Å². The van der Waals surface area contributed by atoms with E-state index < -0.39 is 0 Å². The van der Waals surface area contributed by atoms with Crippen LogP contribution in [-0.2, 0) is 12.8 Å². The molecule has 4 rings (SSSR count). The van der Waals surface area contributed by atoms with Crippen LogP contribution >= 0.6 is 0 Å². The fourth-order valence-corrected chi connectivity index (χ4v) is 8.27. The Morgan fingerprint density at radius 1 is 0.404 bits per heavy atom. The lowest BCUT2D eigenvalue weighted by Crippen LogP contribution is -2.05. The summed E-state index contributed by atoms with van der Waals surface area (Å²) in [6, 6.07) is 32.1. The Hall–Kier alpha value is -3.52. The molecule has 4 aromatic rings. The summed E-state index contributed by atoms with van der Waals surface area (Å²) >= 11 is 0. The number of nitrogen functional groups attached to an aromatic ring is 2. The van der Waals surface area contributed by atoms with Gasteiger partial charge in [0.2, 0.25) is 0 Å². The predicted octanol–water partition coefficient (Wildman–Crippen LogP) is 14.6. The number of anilines is 2. The van der Waals surface area contributed by atoms with Crippen molar-refractivity contribution in [1.29, 1.82) is 0 Å². The molecule has 0 aromatic heterocycles. The number of rotatable bonds is 25. The van der Waals surface area contributed by atoms with Gasteiger partial charge < -0.3 is 11.5 Å². The van der Waals surface area contributed by atoms with E-state index in [1.165, 1.54) is 160 Å². The molecule has 2 unspecified atom stereocenters. The average molecular weight is 701 g/mol. The summed E-state index contributed by atoms with van der Waals surface area (Å²) in [5, 5.41) is 0. The first kappa shape index (κ1) is 41.2. The van der Waals surface area contributed by atoms with Crippen molar-refractivity contribution >= 4 is 11.4 Å². The smallest absolute Gasteiger partial charge is 0.0316 e. The number of unbranched alkanes of at least 4 members (excludes halogenated alkanes) is 14. The highest BCUT2D eigenvalue weighted by molar-refractivity contribution is 5.49. The minimum atomic E-state index is 0.422. The molecule has 0 aliphatic heterocycles. The SMILES string of the molecule is CCCCCCCCCCC(c1ccc(CCc2ccc(C(CCCCCCCCCC)c3ccc(N)cc3C)cc2)cc1)c1ccc(N)cc1C. The first-order valence-electron chi connectivity index (χ1n) is 21.3. The lowest BCUT2D eigenvalue weighted by molar-refractivity contribution is 0.551. The van der Waals surface area contributed by atoms with E-state index in [0.29, 0.717) is 11.8 Å². The lowest BCUT2D eigenvalue weighted by Gasteiger charge is -2.21. The summed E-state index contributed by atoms with van der Waals surface area (Å²) in [5.74, 6) is 0.844. The topological polar surface area (TPSA) is 52.0 Å². The van der Waals surface area contributed by atoms with Crippen LogP contribution in [0.25, 0.3) is 0 Å². The third kappa shape index (κ3) is 13.8. The van der Waals surface area contributed by atoms with Crippen molar-refractivity contribution in [3.8, 4) is 0 Å². The number of hydrogen-bond acceptors (Lipinski definition) is 2. The molecule has 0 saturated heterocycles. The van der Waals surface area contributed by atoms with Gasteiger partial charge in [-0.3, -0.25) is 0 Å². The van der Waals surface area contributed by atoms with Gasteiger partial charge in [-0.25, -0.2) is 0 Å². The molecule has 0 bridgehead atoms. The minimum Gasteiger partial charge on any atom is -0.399 e. The molecule has 4 aromatic carbocycles. The van der Waals surface area contributed by atoms with Crippen molar-refractivity contribution in [3.05, 3.63) is 129 Å². The van der Waals surface area contributed by atoms with Crippen molar-refractivity contribution in [3.63, 3.8) is 0 Å². The monoisotopic (exact) mass is 701 g/mol. The van der Waals surface area contributed by atoms with E-state index in [2.05, 4.69) is 113 Å². The molecule has 0 heterocycles. The van der Waals surface area contributed by atoms with Crippen LogP contribution in [0.3, 0.4) is 0 Å². The number of hydrogen-bond donors (Lipinski definition) is 2. The van der Waals surface area contributed by atoms with Crippen LogP contribution in [0.1, 0.15) is 186 Å². The van der Waals surface area contributed by atoms with Crippen molar-refractivity contribution in [2.75, 3.05) is 11.5 Å². The zero-order valence-electron chi connectivity index (χ0n) is 33.5. The van der Waals surface area contributed by atoms with Crippen molar-refractivity contribution < 1.29 is 0 Å². The van der Waals surface area contributed by atoms with Crippen LogP contribution < -0.4 is 11.5 Å². The lowest BCUT2D eigenvalue weighted by atomic mass is 9.83. The fourth-order valence-electron chi connectivity index (χ4n) is 8.27. The van der Waals surface area contributed by atoms with Crippen molar-refractivity contribution in [2.45, 2.75) is 168 Å². The third-order valence-corrected chi connectivity index (χ3v) is 11.5. The Kier molecular flexibility index (Phi) is 18.4. The highest BCUT2D eigenvalue weighted by atomic mass is 14.5. The van der Waals surface area contributed by atoms with Gasteiger partial charge in [0.1, 0.15) is 0 Å². The number of aryl methyl sites for hydroxylation is 4. The van der Waals surface area contributed by atoms with E-state index in [9.17, 15) is 0 Å². The molecule has 0 fully saturated rings. The largest absolute Gasteiger partial charge is 0.399 e. The van der Waals surface area contributed by atoms with Crippen LogP contribution in [0, 0.1) is 13.8 Å². The average Bonchev–Trinajstić information content (AvgIpc) is 3.14. The molecule has 0 aliphatic rings. The first-order valence-corrected chi connectivity index (χ1v) is 21.3. The minimum absolute atomic E-state index is 0.422. The summed E-state index contributed by atoms with van der Waals surface area (Å²) in [6.07, 6.45) is 26.2. The quantitative estimate of drug-likeness (QED) is 0.0534. The normalized spacial score (nSPS) is 12.6. The number of benzene rings is 4. The van der Waals surface area contributed by atoms with Gasteiger partial charge in [-0.2, -0.15) is 0 Å². The fraction of sp³-hybridized carbons (Fsp3) is 0.520.